The summed E-state index contributed by atoms with van der Waals surface area (Å²) in [7, 11) is 4.90. The third-order valence-corrected chi connectivity index (χ3v) is 6.44. The molecule has 0 radical (unpaired) electrons. The average molecular weight is 476 g/mol. The lowest BCUT2D eigenvalue weighted by molar-refractivity contribution is -0.134. The molecule has 0 saturated heterocycles. The highest BCUT2D eigenvalue weighted by Gasteiger charge is 2.33. The lowest BCUT2D eigenvalue weighted by Crippen LogP contribution is -2.43. The van der Waals surface area contributed by atoms with Crippen molar-refractivity contribution in [2.24, 2.45) is 0 Å². The van der Waals surface area contributed by atoms with Crippen LogP contribution in [0.15, 0.2) is 54.6 Å². The number of carbonyl (C=O) groups is 1. The van der Waals surface area contributed by atoms with Crippen molar-refractivity contribution in [2.45, 2.75) is 32.7 Å². The fraction of sp³-hybridized carbons (Fsp3) is 0.345. The van der Waals surface area contributed by atoms with Crippen LogP contribution in [-0.4, -0.2) is 45.3 Å². The van der Waals surface area contributed by atoms with Crippen LogP contribution in [0.2, 0.25) is 0 Å². The number of hydrogen-bond acceptors (Lipinski definition) is 5. The van der Waals surface area contributed by atoms with Gasteiger partial charge in [0.25, 0.3) is 0 Å². The Balaban J connectivity index is 1.64. The van der Waals surface area contributed by atoms with E-state index in [2.05, 4.69) is 19.9 Å². The normalized spacial score (nSPS) is 14.8. The maximum absolute atomic E-state index is 13.5. The van der Waals surface area contributed by atoms with Gasteiger partial charge in [-0.1, -0.05) is 18.2 Å². The first kappa shape index (κ1) is 24.5. The van der Waals surface area contributed by atoms with E-state index in [0.29, 0.717) is 31.1 Å². The molecule has 35 heavy (non-hydrogen) atoms. The highest BCUT2D eigenvalue weighted by atomic mass is 16.5. The third-order valence-electron chi connectivity index (χ3n) is 6.44. The summed E-state index contributed by atoms with van der Waals surface area (Å²) in [5, 5.41) is 0. The molecule has 1 heterocycles. The maximum atomic E-state index is 13.5. The van der Waals surface area contributed by atoms with Gasteiger partial charge in [0.15, 0.2) is 11.5 Å². The van der Waals surface area contributed by atoms with E-state index in [0.717, 1.165) is 45.7 Å². The Hall–Kier alpha value is -3.67. The predicted octanol–water partition coefficient (Wildman–Crippen LogP) is 5.08. The lowest BCUT2D eigenvalue weighted by Gasteiger charge is -2.38. The quantitative estimate of drug-likeness (QED) is 0.455. The topological polar surface area (TPSA) is 57.2 Å². The minimum Gasteiger partial charge on any atom is -0.497 e. The van der Waals surface area contributed by atoms with E-state index in [-0.39, 0.29) is 11.9 Å². The summed E-state index contributed by atoms with van der Waals surface area (Å²) >= 11 is 0. The van der Waals surface area contributed by atoms with Crippen LogP contribution >= 0.6 is 0 Å². The number of methoxy groups -OCH3 is 3. The van der Waals surface area contributed by atoms with Crippen LogP contribution in [0.3, 0.4) is 0 Å². The Morgan fingerprint density at radius 2 is 1.51 bits per heavy atom. The highest BCUT2D eigenvalue weighted by molar-refractivity contribution is 5.80. The number of rotatable bonds is 8. The largest absolute Gasteiger partial charge is 0.497 e. The van der Waals surface area contributed by atoms with Gasteiger partial charge in [-0.05, 0) is 84.5 Å². The van der Waals surface area contributed by atoms with E-state index >= 15 is 0 Å². The molecule has 6 nitrogen and oxygen atoms in total. The molecule has 0 fully saturated rings. The Morgan fingerprint density at radius 1 is 0.857 bits per heavy atom. The summed E-state index contributed by atoms with van der Waals surface area (Å²) in [5.41, 5.74) is 5.40. The van der Waals surface area contributed by atoms with Gasteiger partial charge in [0.05, 0.1) is 33.8 Å². The van der Waals surface area contributed by atoms with Crippen molar-refractivity contribution in [3.05, 3.63) is 82.4 Å². The molecule has 0 saturated carbocycles. The zero-order valence-corrected chi connectivity index (χ0v) is 21.1. The molecule has 0 bridgehead atoms. The molecular weight excluding hydrogens is 442 g/mol. The minimum absolute atomic E-state index is 0.0598. The molecule has 184 valence electrons. The van der Waals surface area contributed by atoms with Gasteiger partial charge in [-0.2, -0.15) is 0 Å². The number of ether oxygens (including phenoxy) is 4. The summed E-state index contributed by atoms with van der Waals surface area (Å²) in [6.07, 6.45) is 1.05. The molecule has 1 aliphatic heterocycles. The molecule has 3 aromatic carbocycles. The predicted molar refractivity (Wildman–Crippen MR) is 136 cm³/mol. The van der Waals surface area contributed by atoms with Gasteiger partial charge in [0, 0.05) is 6.54 Å². The van der Waals surface area contributed by atoms with E-state index in [9.17, 15) is 4.79 Å². The molecular formula is C29H33NO5. The first-order valence-electron chi connectivity index (χ1n) is 11.8. The van der Waals surface area contributed by atoms with Crippen LogP contribution in [0, 0.1) is 13.8 Å². The van der Waals surface area contributed by atoms with Crippen molar-refractivity contribution in [1.29, 1.82) is 0 Å². The second-order valence-electron chi connectivity index (χ2n) is 8.92. The first-order valence-corrected chi connectivity index (χ1v) is 11.8. The lowest BCUT2D eigenvalue weighted by atomic mass is 9.91. The summed E-state index contributed by atoms with van der Waals surface area (Å²) in [6, 6.07) is 17.5. The van der Waals surface area contributed by atoms with Crippen molar-refractivity contribution < 1.29 is 23.7 Å². The summed E-state index contributed by atoms with van der Waals surface area (Å²) in [4.78, 5) is 15.5. The second kappa shape index (κ2) is 10.7. The van der Waals surface area contributed by atoms with Gasteiger partial charge in [-0.15, -0.1) is 0 Å². The molecule has 0 aliphatic carbocycles. The molecule has 4 rings (SSSR count). The molecule has 3 aromatic rings. The number of nitrogens with zero attached hydrogens (tertiary/aromatic N) is 1. The number of amides is 1. The average Bonchev–Trinajstić information content (AvgIpc) is 2.86. The van der Waals surface area contributed by atoms with Crippen LogP contribution in [-0.2, 0) is 17.6 Å². The van der Waals surface area contributed by atoms with Crippen molar-refractivity contribution in [3.63, 3.8) is 0 Å². The summed E-state index contributed by atoms with van der Waals surface area (Å²) in [6.45, 7) is 5.06. The summed E-state index contributed by atoms with van der Waals surface area (Å²) in [5.74, 6) is 2.97. The van der Waals surface area contributed by atoms with E-state index in [1.807, 2.05) is 53.4 Å². The van der Waals surface area contributed by atoms with Gasteiger partial charge in [0.1, 0.15) is 18.1 Å². The minimum atomic E-state index is -0.245. The van der Waals surface area contributed by atoms with Gasteiger partial charge in [-0.3, -0.25) is 4.79 Å². The van der Waals surface area contributed by atoms with Crippen LogP contribution in [0.5, 0.6) is 23.0 Å². The fourth-order valence-corrected chi connectivity index (χ4v) is 4.72. The van der Waals surface area contributed by atoms with Crippen LogP contribution in [0.25, 0.3) is 0 Å². The molecule has 1 aliphatic rings. The Bertz CT molecular complexity index is 1170. The van der Waals surface area contributed by atoms with Crippen molar-refractivity contribution in [2.75, 3.05) is 34.5 Å². The molecule has 6 heteroatoms. The molecule has 0 spiro atoms. The number of benzene rings is 3. The zero-order valence-electron chi connectivity index (χ0n) is 21.1. The van der Waals surface area contributed by atoms with Crippen molar-refractivity contribution in [1.82, 2.24) is 4.90 Å². The van der Waals surface area contributed by atoms with Gasteiger partial charge in [-0.25, -0.2) is 0 Å². The van der Waals surface area contributed by atoms with Crippen molar-refractivity contribution in [3.8, 4) is 23.0 Å². The van der Waals surface area contributed by atoms with Gasteiger partial charge < -0.3 is 23.8 Å². The number of aryl methyl sites for hydroxylation is 2. The van der Waals surface area contributed by atoms with Crippen LogP contribution < -0.4 is 18.9 Å². The smallest absolute Gasteiger partial charge is 0.227 e. The zero-order chi connectivity index (χ0) is 24.9. The molecule has 0 aromatic heterocycles. The van der Waals surface area contributed by atoms with E-state index in [1.165, 1.54) is 0 Å². The third kappa shape index (κ3) is 5.53. The monoisotopic (exact) mass is 475 g/mol. The molecule has 1 amide bonds. The molecule has 1 atom stereocenters. The van der Waals surface area contributed by atoms with E-state index in [1.54, 1.807) is 21.3 Å². The standard InChI is InChI=1S/C29H33NO5/c1-19-12-20(2)14-24(13-19)35-18-26-25-17-28(34-5)27(33-4)16-22(25)10-11-30(26)29(31)15-21-6-8-23(32-3)9-7-21/h6-9,12-14,16-17,26H,10-11,15,18H2,1-5H3/t26-/m0/s1. The molecule has 0 N–H and O–H groups in total. The Kier molecular flexibility index (Phi) is 7.49. The highest BCUT2D eigenvalue weighted by Crippen LogP contribution is 2.38. The van der Waals surface area contributed by atoms with Crippen LogP contribution in [0.1, 0.15) is 33.9 Å². The van der Waals surface area contributed by atoms with E-state index in [4.69, 9.17) is 18.9 Å². The Labute approximate surface area is 207 Å². The van der Waals surface area contributed by atoms with E-state index < -0.39 is 0 Å². The number of carbonyl (C=O) groups excluding carboxylic acids is 1. The number of fused-ring (bicyclic) bond motifs is 1. The SMILES string of the molecule is COc1ccc(CC(=O)N2CCc3cc(OC)c(OC)cc3[C@@H]2COc2cc(C)cc(C)c2)cc1. The summed E-state index contributed by atoms with van der Waals surface area (Å²) < 4.78 is 22.6. The van der Waals surface area contributed by atoms with Gasteiger partial charge in [0.2, 0.25) is 5.91 Å². The van der Waals surface area contributed by atoms with Gasteiger partial charge >= 0.3 is 0 Å². The molecule has 0 unspecified atom stereocenters. The van der Waals surface area contributed by atoms with Crippen molar-refractivity contribution >= 4 is 5.91 Å². The van der Waals surface area contributed by atoms with Crippen LogP contribution in [0.4, 0.5) is 0 Å². The maximum Gasteiger partial charge on any atom is 0.227 e. The Morgan fingerprint density at radius 3 is 2.14 bits per heavy atom. The first-order chi connectivity index (χ1) is 16.9. The fourth-order valence-electron chi connectivity index (χ4n) is 4.72. The second-order valence-corrected chi connectivity index (χ2v) is 8.92. The number of hydrogen-bond donors (Lipinski definition) is 0.